The minimum atomic E-state index is -0.983. The van der Waals surface area contributed by atoms with Crippen molar-refractivity contribution in [1.29, 1.82) is 0 Å². The van der Waals surface area contributed by atoms with Crippen LogP contribution in [0.25, 0.3) is 17.0 Å². The maximum atomic E-state index is 13.1. The Labute approximate surface area is 202 Å². The van der Waals surface area contributed by atoms with Gasteiger partial charge in [-0.25, -0.2) is 4.79 Å². The number of aliphatic carboxylic acids is 1. The molecule has 0 saturated heterocycles. The van der Waals surface area contributed by atoms with Crippen molar-refractivity contribution in [1.82, 2.24) is 9.78 Å². The number of carboxylic acid groups (broad SMARTS) is 1. The highest BCUT2D eigenvalue weighted by atomic mass is 35.5. The lowest BCUT2D eigenvalue weighted by Gasteiger charge is -2.08. The van der Waals surface area contributed by atoms with Crippen LogP contribution >= 0.6 is 11.6 Å². The Balaban J connectivity index is 1.48. The van der Waals surface area contributed by atoms with Gasteiger partial charge in [0, 0.05) is 16.0 Å². The lowest BCUT2D eigenvalue weighted by Crippen LogP contribution is -2.19. The number of fused-ring (bicyclic) bond motifs is 1. The van der Waals surface area contributed by atoms with Crippen molar-refractivity contribution in [3.63, 3.8) is 0 Å². The number of carboxylic acids is 1. The van der Waals surface area contributed by atoms with E-state index in [0.717, 1.165) is 22.0 Å². The van der Waals surface area contributed by atoms with E-state index in [0.29, 0.717) is 22.8 Å². The summed E-state index contributed by atoms with van der Waals surface area (Å²) in [6.45, 7) is 2.24. The zero-order chi connectivity index (χ0) is 24.1. The minimum absolute atomic E-state index is 0.148. The fourth-order valence-electron chi connectivity index (χ4n) is 3.48. The van der Waals surface area contributed by atoms with E-state index in [1.807, 2.05) is 65.4 Å². The van der Waals surface area contributed by atoms with Crippen LogP contribution in [0.5, 0.6) is 0 Å². The number of hydrogen-bond acceptors (Lipinski definition) is 4. The van der Waals surface area contributed by atoms with Crippen LogP contribution in [0.3, 0.4) is 0 Å². The zero-order valence-electron chi connectivity index (χ0n) is 18.5. The van der Waals surface area contributed by atoms with Crippen molar-refractivity contribution < 1.29 is 19.4 Å². The van der Waals surface area contributed by atoms with Crippen LogP contribution < -0.4 is 0 Å². The van der Waals surface area contributed by atoms with Gasteiger partial charge in [-0.05, 0) is 48.4 Å². The third kappa shape index (κ3) is 5.42. The fourth-order valence-corrected chi connectivity index (χ4v) is 3.60. The molecule has 3 aromatic carbocycles. The SMILES string of the molecule is C[C@@H](OCc1ccc(/C=C/Cn2nc(C(=O)c3ccc(Cl)cc3)c3ccccc32)cc1)C(=O)O. The van der Waals surface area contributed by atoms with E-state index < -0.39 is 12.1 Å². The molecule has 1 aromatic heterocycles. The summed E-state index contributed by atoms with van der Waals surface area (Å²) < 4.78 is 7.12. The molecule has 6 nitrogen and oxygen atoms in total. The minimum Gasteiger partial charge on any atom is -0.479 e. The number of allylic oxidation sites excluding steroid dienone is 1. The van der Waals surface area contributed by atoms with Gasteiger partial charge in [-0.3, -0.25) is 9.48 Å². The van der Waals surface area contributed by atoms with Crippen LogP contribution in [0.2, 0.25) is 5.02 Å². The Morgan fingerprint density at radius 3 is 2.47 bits per heavy atom. The molecule has 0 aliphatic rings. The van der Waals surface area contributed by atoms with Crippen LogP contribution in [0.15, 0.2) is 78.9 Å². The third-order valence-electron chi connectivity index (χ3n) is 5.40. The van der Waals surface area contributed by atoms with Gasteiger partial charge in [-0.15, -0.1) is 0 Å². The Bertz CT molecular complexity index is 1340. The van der Waals surface area contributed by atoms with Crippen molar-refractivity contribution in [3.05, 3.63) is 106 Å². The second-order valence-electron chi connectivity index (χ2n) is 7.82. The van der Waals surface area contributed by atoms with Crippen LogP contribution in [0.1, 0.15) is 34.1 Å². The molecule has 0 unspecified atom stereocenters. The summed E-state index contributed by atoms with van der Waals surface area (Å²) in [5.41, 5.74) is 3.71. The second-order valence-corrected chi connectivity index (χ2v) is 8.26. The summed E-state index contributed by atoms with van der Waals surface area (Å²) in [6, 6.07) is 22.2. The number of para-hydroxylation sites is 1. The number of carbonyl (C=O) groups excluding carboxylic acids is 1. The number of hydrogen-bond donors (Lipinski definition) is 1. The fraction of sp³-hybridized carbons (Fsp3) is 0.148. The summed E-state index contributed by atoms with van der Waals surface area (Å²) in [7, 11) is 0. The Morgan fingerprint density at radius 2 is 1.76 bits per heavy atom. The molecule has 0 amide bonds. The average Bonchev–Trinajstić information content (AvgIpc) is 3.22. The molecule has 0 aliphatic carbocycles. The molecule has 4 rings (SSSR count). The second kappa shape index (κ2) is 10.5. The van der Waals surface area contributed by atoms with Crippen molar-refractivity contribution in [2.75, 3.05) is 0 Å². The first kappa shape index (κ1) is 23.4. The first-order chi connectivity index (χ1) is 16.4. The van der Waals surface area contributed by atoms with Gasteiger partial charge in [-0.1, -0.05) is 66.2 Å². The van der Waals surface area contributed by atoms with E-state index >= 15 is 0 Å². The van der Waals surface area contributed by atoms with Crippen LogP contribution in [0.4, 0.5) is 0 Å². The molecule has 0 spiro atoms. The monoisotopic (exact) mass is 474 g/mol. The molecule has 1 atom stereocenters. The summed E-state index contributed by atoms with van der Waals surface area (Å²) in [6.07, 6.45) is 3.11. The number of halogens is 1. The number of ether oxygens (including phenoxy) is 1. The average molecular weight is 475 g/mol. The summed E-state index contributed by atoms with van der Waals surface area (Å²) >= 11 is 5.95. The largest absolute Gasteiger partial charge is 0.479 e. The topological polar surface area (TPSA) is 81.4 Å². The van der Waals surface area contributed by atoms with Gasteiger partial charge in [0.1, 0.15) is 5.69 Å². The Hall–Kier alpha value is -3.74. The van der Waals surface area contributed by atoms with Crippen molar-refractivity contribution >= 4 is 40.3 Å². The quantitative estimate of drug-likeness (QED) is 0.318. The Kier molecular flexibility index (Phi) is 7.21. The number of carbonyl (C=O) groups is 2. The standard InChI is InChI=1S/C27H23ClN2O4/c1-18(27(32)33)34-17-20-10-8-19(9-11-20)5-4-16-30-24-7-3-2-6-23(24)25(29-30)26(31)21-12-14-22(28)15-13-21/h2-15,18H,16-17H2,1H3,(H,32,33)/b5-4+/t18-/m1/s1. The molecule has 1 N–H and O–H groups in total. The molecular weight excluding hydrogens is 452 g/mol. The molecule has 0 fully saturated rings. The summed E-state index contributed by atoms with van der Waals surface area (Å²) in [5.74, 6) is -1.13. The smallest absolute Gasteiger partial charge is 0.332 e. The highest BCUT2D eigenvalue weighted by Crippen LogP contribution is 2.22. The normalized spacial score (nSPS) is 12.3. The van der Waals surface area contributed by atoms with Crippen LogP contribution in [-0.2, 0) is 22.7 Å². The molecule has 7 heteroatoms. The van der Waals surface area contributed by atoms with Crippen LogP contribution in [-0.4, -0.2) is 32.7 Å². The highest BCUT2D eigenvalue weighted by molar-refractivity contribution is 6.30. The Morgan fingerprint density at radius 1 is 1.06 bits per heavy atom. The zero-order valence-corrected chi connectivity index (χ0v) is 19.3. The van der Waals surface area contributed by atoms with Crippen molar-refractivity contribution in [2.45, 2.75) is 26.2 Å². The van der Waals surface area contributed by atoms with Gasteiger partial charge < -0.3 is 9.84 Å². The number of benzene rings is 3. The first-order valence-corrected chi connectivity index (χ1v) is 11.2. The third-order valence-corrected chi connectivity index (χ3v) is 5.65. The molecule has 4 aromatic rings. The number of ketones is 1. The van der Waals surface area contributed by atoms with E-state index in [9.17, 15) is 9.59 Å². The maximum Gasteiger partial charge on any atom is 0.332 e. The molecular formula is C27H23ClN2O4. The predicted molar refractivity (Wildman–Crippen MR) is 132 cm³/mol. The molecule has 34 heavy (non-hydrogen) atoms. The lowest BCUT2D eigenvalue weighted by molar-refractivity contribution is -0.149. The van der Waals surface area contributed by atoms with E-state index in [-0.39, 0.29) is 12.4 Å². The maximum absolute atomic E-state index is 13.1. The number of rotatable bonds is 9. The van der Waals surface area contributed by atoms with Crippen molar-refractivity contribution in [2.24, 2.45) is 0 Å². The molecule has 1 heterocycles. The van der Waals surface area contributed by atoms with Crippen LogP contribution in [0, 0.1) is 0 Å². The number of nitrogens with zero attached hydrogens (tertiary/aromatic N) is 2. The van der Waals surface area contributed by atoms with E-state index in [1.54, 1.807) is 24.3 Å². The highest BCUT2D eigenvalue weighted by Gasteiger charge is 2.18. The first-order valence-electron chi connectivity index (χ1n) is 10.8. The van der Waals surface area contributed by atoms with Crippen molar-refractivity contribution in [3.8, 4) is 0 Å². The molecule has 0 bridgehead atoms. The van der Waals surface area contributed by atoms with Gasteiger partial charge in [-0.2, -0.15) is 5.10 Å². The summed E-state index contributed by atoms with van der Waals surface area (Å²) in [5, 5.41) is 14.9. The van der Waals surface area contributed by atoms with Gasteiger partial charge >= 0.3 is 5.97 Å². The number of aromatic nitrogens is 2. The van der Waals surface area contributed by atoms with Gasteiger partial charge in [0.15, 0.2) is 6.10 Å². The van der Waals surface area contributed by atoms with E-state index in [4.69, 9.17) is 21.4 Å². The van der Waals surface area contributed by atoms with E-state index in [2.05, 4.69) is 5.10 Å². The van der Waals surface area contributed by atoms with Gasteiger partial charge in [0.05, 0.1) is 18.7 Å². The predicted octanol–water partition coefficient (Wildman–Crippen LogP) is 5.62. The van der Waals surface area contributed by atoms with Gasteiger partial charge in [0.2, 0.25) is 5.78 Å². The van der Waals surface area contributed by atoms with E-state index in [1.165, 1.54) is 6.92 Å². The lowest BCUT2D eigenvalue weighted by atomic mass is 10.1. The molecule has 0 radical (unpaired) electrons. The molecule has 0 saturated carbocycles. The molecule has 172 valence electrons. The molecule has 0 aliphatic heterocycles. The van der Waals surface area contributed by atoms with Gasteiger partial charge in [0.25, 0.3) is 0 Å². The summed E-state index contributed by atoms with van der Waals surface area (Å²) in [4.78, 5) is 23.9.